The van der Waals surface area contributed by atoms with Crippen LogP contribution in [0.4, 0.5) is 0 Å². The number of unbranched alkanes of at least 4 members (excludes halogenated alkanes) is 3. The molecule has 0 radical (unpaired) electrons. The van der Waals surface area contributed by atoms with Crippen molar-refractivity contribution < 1.29 is 38.7 Å². The molecule has 0 bridgehead atoms. The van der Waals surface area contributed by atoms with Gasteiger partial charge in [-0.15, -0.1) is 0 Å². The minimum absolute atomic E-state index is 0.304. The number of carbonyl (C=O) groups is 2. The summed E-state index contributed by atoms with van der Waals surface area (Å²) in [5.74, 6) is 0.259. The number of methoxy groups -OCH3 is 2. The van der Waals surface area contributed by atoms with Crippen LogP contribution < -0.4 is 9.47 Å². The Morgan fingerprint density at radius 1 is 0.787 bits per heavy atom. The molecule has 0 aromatic heterocycles. The smallest absolute Gasteiger partial charge is 0.341 e. The number of fused-ring (bicyclic) bond motifs is 1. The first kappa shape index (κ1) is 34.6. The van der Waals surface area contributed by atoms with Gasteiger partial charge in [-0.25, -0.2) is 14.5 Å². The standard InChI is InChI=1S/C37H38N2O8/c1-4-35(40)46-20-8-6-5-7-19-45-32-16-14-28(15-17-32)36(47-42)31-13-12-29-21-26(9-11-30(29)23-31)24-38-39-25-27-10-18-34(43-2)33(22-27)37(41)44-3/h4,9-18,21-25,36,42H,1,5-8,19-20H2,2-3H3. The number of hydrogen-bond acceptors (Lipinski definition) is 10. The topological polar surface area (TPSA) is 125 Å². The van der Waals surface area contributed by atoms with Crippen LogP contribution in [0.1, 0.15) is 64.4 Å². The van der Waals surface area contributed by atoms with E-state index in [2.05, 4.69) is 16.8 Å². The fourth-order valence-electron chi connectivity index (χ4n) is 4.83. The quantitative estimate of drug-likeness (QED) is 0.0318. The summed E-state index contributed by atoms with van der Waals surface area (Å²) in [6.45, 7) is 4.36. The lowest BCUT2D eigenvalue weighted by Gasteiger charge is -2.16. The van der Waals surface area contributed by atoms with Gasteiger partial charge in [-0.05, 0) is 101 Å². The number of carbonyl (C=O) groups excluding carboxylic acids is 2. The second-order valence-electron chi connectivity index (χ2n) is 10.5. The molecule has 4 aromatic carbocycles. The highest BCUT2D eigenvalue weighted by Crippen LogP contribution is 2.30. The molecule has 0 saturated carbocycles. The number of hydrogen-bond donors (Lipinski definition) is 1. The third-order valence-corrected chi connectivity index (χ3v) is 7.31. The maximum absolute atomic E-state index is 12.0. The van der Waals surface area contributed by atoms with Gasteiger partial charge >= 0.3 is 11.9 Å². The Kier molecular flexibility index (Phi) is 13.2. The lowest BCUT2D eigenvalue weighted by Crippen LogP contribution is -2.04. The normalized spacial score (nSPS) is 11.9. The molecule has 0 fully saturated rings. The van der Waals surface area contributed by atoms with Crippen molar-refractivity contribution >= 4 is 35.1 Å². The van der Waals surface area contributed by atoms with Gasteiger partial charge in [0, 0.05) is 6.08 Å². The molecular formula is C37H38N2O8. The summed E-state index contributed by atoms with van der Waals surface area (Å²) >= 11 is 0. The van der Waals surface area contributed by atoms with Gasteiger partial charge in [-0.1, -0.05) is 43.0 Å². The average Bonchev–Trinajstić information content (AvgIpc) is 3.11. The number of rotatable bonds is 17. The molecule has 10 heteroatoms. The Hall–Kier alpha value is -5.32. The zero-order chi connectivity index (χ0) is 33.4. The number of benzene rings is 4. The van der Waals surface area contributed by atoms with E-state index in [0.29, 0.717) is 30.1 Å². The molecule has 0 spiro atoms. The van der Waals surface area contributed by atoms with E-state index >= 15 is 0 Å². The molecule has 0 heterocycles. The Balaban J connectivity index is 1.31. The lowest BCUT2D eigenvalue weighted by atomic mass is 9.97. The van der Waals surface area contributed by atoms with E-state index < -0.39 is 18.0 Å². The van der Waals surface area contributed by atoms with Crippen molar-refractivity contribution in [1.29, 1.82) is 0 Å². The Morgan fingerprint density at radius 3 is 2.11 bits per heavy atom. The molecule has 47 heavy (non-hydrogen) atoms. The van der Waals surface area contributed by atoms with Crippen molar-refractivity contribution in [2.24, 2.45) is 10.2 Å². The summed E-state index contributed by atoms with van der Waals surface area (Å²) in [4.78, 5) is 27.9. The van der Waals surface area contributed by atoms with Crippen molar-refractivity contribution in [3.63, 3.8) is 0 Å². The zero-order valence-electron chi connectivity index (χ0n) is 26.5. The van der Waals surface area contributed by atoms with Gasteiger partial charge in [0.25, 0.3) is 0 Å². The van der Waals surface area contributed by atoms with Gasteiger partial charge in [-0.3, -0.25) is 5.26 Å². The maximum Gasteiger partial charge on any atom is 0.341 e. The first-order chi connectivity index (χ1) is 22.9. The molecule has 1 unspecified atom stereocenters. The summed E-state index contributed by atoms with van der Waals surface area (Å²) in [6, 6.07) is 24.3. The Labute approximate surface area is 273 Å². The number of nitrogens with zero attached hydrogens (tertiary/aromatic N) is 2. The van der Waals surface area contributed by atoms with Gasteiger partial charge in [0.2, 0.25) is 0 Å². The van der Waals surface area contributed by atoms with E-state index in [1.165, 1.54) is 20.3 Å². The van der Waals surface area contributed by atoms with Crippen LogP contribution in [-0.2, 0) is 19.2 Å². The molecule has 0 aliphatic rings. The highest BCUT2D eigenvalue weighted by atomic mass is 17.1. The summed E-state index contributed by atoms with van der Waals surface area (Å²) in [7, 11) is 2.80. The largest absolute Gasteiger partial charge is 0.496 e. The van der Waals surface area contributed by atoms with E-state index in [1.54, 1.807) is 30.6 Å². The van der Waals surface area contributed by atoms with Crippen LogP contribution in [0.5, 0.6) is 11.5 Å². The second kappa shape index (κ2) is 18.0. The van der Waals surface area contributed by atoms with Gasteiger partial charge in [0.15, 0.2) is 0 Å². The molecule has 0 aliphatic heterocycles. The number of esters is 2. The lowest BCUT2D eigenvalue weighted by molar-refractivity contribution is -0.270. The molecule has 4 aromatic rings. The van der Waals surface area contributed by atoms with E-state index in [-0.39, 0.29) is 0 Å². The molecule has 0 amide bonds. The van der Waals surface area contributed by atoms with Crippen LogP contribution in [0.25, 0.3) is 10.8 Å². The average molecular weight is 639 g/mol. The van der Waals surface area contributed by atoms with E-state index in [4.69, 9.17) is 23.8 Å². The van der Waals surface area contributed by atoms with Crippen molar-refractivity contribution in [3.8, 4) is 11.5 Å². The highest BCUT2D eigenvalue weighted by molar-refractivity contribution is 5.95. The maximum atomic E-state index is 12.0. The highest BCUT2D eigenvalue weighted by Gasteiger charge is 2.16. The molecule has 4 rings (SSSR count). The number of ether oxygens (including phenoxy) is 4. The fourth-order valence-corrected chi connectivity index (χ4v) is 4.83. The first-order valence-corrected chi connectivity index (χ1v) is 15.1. The summed E-state index contributed by atoms with van der Waals surface area (Å²) in [6.07, 6.45) is 7.30. The van der Waals surface area contributed by atoms with Crippen LogP contribution in [0.3, 0.4) is 0 Å². The summed E-state index contributed by atoms with van der Waals surface area (Å²) in [5, 5.41) is 20.0. The van der Waals surface area contributed by atoms with Crippen LogP contribution in [0, 0.1) is 0 Å². The molecule has 0 aliphatic carbocycles. The first-order valence-electron chi connectivity index (χ1n) is 15.1. The van der Waals surface area contributed by atoms with Crippen LogP contribution >= 0.6 is 0 Å². The van der Waals surface area contributed by atoms with Crippen LogP contribution in [-0.4, -0.2) is 57.1 Å². The fraction of sp³-hybridized carbons (Fsp3) is 0.243. The van der Waals surface area contributed by atoms with Gasteiger partial charge < -0.3 is 18.9 Å². The predicted molar refractivity (Wildman–Crippen MR) is 181 cm³/mol. The van der Waals surface area contributed by atoms with Crippen LogP contribution in [0.15, 0.2) is 102 Å². The minimum atomic E-state index is -0.670. The van der Waals surface area contributed by atoms with E-state index in [9.17, 15) is 14.8 Å². The van der Waals surface area contributed by atoms with Crippen LogP contribution in [0.2, 0.25) is 0 Å². The molecule has 244 valence electrons. The predicted octanol–water partition coefficient (Wildman–Crippen LogP) is 7.34. The van der Waals surface area contributed by atoms with E-state index in [0.717, 1.165) is 58.9 Å². The summed E-state index contributed by atoms with van der Waals surface area (Å²) in [5.41, 5.74) is 3.41. The minimum Gasteiger partial charge on any atom is -0.496 e. The van der Waals surface area contributed by atoms with Crippen molar-refractivity contribution in [2.75, 3.05) is 27.4 Å². The third-order valence-electron chi connectivity index (χ3n) is 7.31. The molecule has 1 N–H and O–H groups in total. The van der Waals surface area contributed by atoms with Crippen molar-refractivity contribution in [2.45, 2.75) is 31.8 Å². The Bertz CT molecular complexity index is 1720. The molecule has 10 nitrogen and oxygen atoms in total. The third kappa shape index (κ3) is 10.1. The Morgan fingerprint density at radius 2 is 1.43 bits per heavy atom. The summed E-state index contributed by atoms with van der Waals surface area (Å²) < 4.78 is 20.9. The van der Waals surface area contributed by atoms with Gasteiger partial charge in [0.05, 0.1) is 39.9 Å². The monoisotopic (exact) mass is 638 g/mol. The molecule has 1 atom stereocenters. The molecular weight excluding hydrogens is 600 g/mol. The van der Waals surface area contributed by atoms with Crippen molar-refractivity contribution in [1.82, 2.24) is 0 Å². The zero-order valence-corrected chi connectivity index (χ0v) is 26.5. The van der Waals surface area contributed by atoms with Gasteiger partial charge in [0.1, 0.15) is 23.2 Å². The SMILES string of the molecule is C=CC(=O)OCCCCCCOc1ccc(C(OO)c2ccc3cc(C=NN=Cc4ccc(OC)c(C(=O)OC)c4)ccc3c2)cc1. The van der Waals surface area contributed by atoms with Crippen molar-refractivity contribution in [3.05, 3.63) is 119 Å². The van der Waals surface area contributed by atoms with Gasteiger partial charge in [-0.2, -0.15) is 10.2 Å². The van der Waals surface area contributed by atoms with E-state index in [1.807, 2.05) is 60.7 Å². The second-order valence-corrected chi connectivity index (χ2v) is 10.5. The molecule has 0 saturated heterocycles.